The van der Waals surface area contributed by atoms with E-state index in [4.69, 9.17) is 4.74 Å². The number of carbonyl (C=O) groups is 1. The molecule has 0 saturated carbocycles. The maximum atomic E-state index is 13.1. The first-order valence-electron chi connectivity index (χ1n) is 6.13. The number of carbonyl (C=O) groups excluding carboxylic acids is 1. The van der Waals surface area contributed by atoms with Crippen molar-refractivity contribution >= 4 is 5.78 Å². The van der Waals surface area contributed by atoms with E-state index in [0.29, 0.717) is 5.82 Å². The second kappa shape index (κ2) is 6.38. The number of benzene rings is 1. The third-order valence-electron chi connectivity index (χ3n) is 2.81. The van der Waals surface area contributed by atoms with Gasteiger partial charge >= 0.3 is 0 Å². The average Bonchev–Trinajstić information content (AvgIpc) is 2.94. The van der Waals surface area contributed by atoms with Crippen LogP contribution in [0.1, 0.15) is 23.1 Å². The first-order chi connectivity index (χ1) is 9.58. The van der Waals surface area contributed by atoms with Crippen molar-refractivity contribution < 1.29 is 18.3 Å². The van der Waals surface area contributed by atoms with Gasteiger partial charge < -0.3 is 9.72 Å². The van der Waals surface area contributed by atoms with Gasteiger partial charge in [-0.15, -0.1) is 0 Å². The number of hydrogen-bond acceptors (Lipinski definition) is 3. The number of aromatic amines is 1. The molecule has 0 aliphatic carbocycles. The van der Waals surface area contributed by atoms with Crippen molar-refractivity contribution in [1.82, 2.24) is 9.97 Å². The Morgan fingerprint density at radius 3 is 2.85 bits per heavy atom. The van der Waals surface area contributed by atoms with Gasteiger partial charge in [0.15, 0.2) is 17.4 Å². The number of nitrogens with zero attached hydrogens (tertiary/aromatic N) is 1. The number of aromatic nitrogens is 2. The lowest BCUT2D eigenvalue weighted by molar-refractivity contribution is 0.0670. The Kier molecular flexibility index (Phi) is 4.57. The van der Waals surface area contributed by atoms with Crippen molar-refractivity contribution in [3.63, 3.8) is 0 Å². The van der Waals surface area contributed by atoms with E-state index in [1.54, 1.807) is 19.3 Å². The van der Waals surface area contributed by atoms with Crippen LogP contribution in [0.25, 0.3) is 0 Å². The fourth-order valence-electron chi connectivity index (χ4n) is 1.72. The Hall–Kier alpha value is -2.08. The molecule has 0 amide bonds. The quantitative estimate of drug-likeness (QED) is 0.828. The van der Waals surface area contributed by atoms with Crippen LogP contribution in [0.5, 0.6) is 0 Å². The van der Waals surface area contributed by atoms with Crippen molar-refractivity contribution in [2.45, 2.75) is 13.5 Å². The number of H-pyrrole nitrogens is 1. The summed E-state index contributed by atoms with van der Waals surface area (Å²) in [6.45, 7) is 2.12. The normalized spacial score (nSPS) is 12.3. The second-order valence-electron chi connectivity index (χ2n) is 4.45. The standard InChI is InChI=1S/C14H14F2N2O2/c1-9(7-20-8-13-17-4-5-18-13)14(19)10-2-3-11(15)12(16)6-10/h2-6,9H,7-8H2,1H3,(H,17,18)/t9-/m1/s1. The molecule has 0 aliphatic rings. The highest BCUT2D eigenvalue weighted by Gasteiger charge is 2.17. The molecule has 20 heavy (non-hydrogen) atoms. The molecule has 0 radical (unpaired) electrons. The van der Waals surface area contributed by atoms with Crippen molar-refractivity contribution in [2.24, 2.45) is 5.92 Å². The monoisotopic (exact) mass is 280 g/mol. The summed E-state index contributed by atoms with van der Waals surface area (Å²) in [6, 6.07) is 3.11. The molecular formula is C14H14F2N2O2. The minimum atomic E-state index is -1.03. The fourth-order valence-corrected chi connectivity index (χ4v) is 1.72. The summed E-state index contributed by atoms with van der Waals surface area (Å²) >= 11 is 0. The van der Waals surface area contributed by atoms with Crippen molar-refractivity contribution in [1.29, 1.82) is 0 Å². The molecule has 1 atom stereocenters. The van der Waals surface area contributed by atoms with E-state index in [9.17, 15) is 13.6 Å². The first-order valence-corrected chi connectivity index (χ1v) is 6.13. The van der Waals surface area contributed by atoms with Gasteiger partial charge in [-0.2, -0.15) is 0 Å². The van der Waals surface area contributed by atoms with E-state index in [2.05, 4.69) is 9.97 Å². The number of imidazole rings is 1. The van der Waals surface area contributed by atoms with E-state index < -0.39 is 17.6 Å². The maximum Gasteiger partial charge on any atom is 0.168 e. The van der Waals surface area contributed by atoms with Crippen LogP contribution in [0, 0.1) is 17.6 Å². The van der Waals surface area contributed by atoms with Crippen molar-refractivity contribution in [3.8, 4) is 0 Å². The summed E-state index contributed by atoms with van der Waals surface area (Å²) in [5.41, 5.74) is 0.137. The van der Waals surface area contributed by atoms with E-state index in [1.165, 1.54) is 6.07 Å². The van der Waals surface area contributed by atoms with Crippen molar-refractivity contribution in [3.05, 3.63) is 53.6 Å². The van der Waals surface area contributed by atoms with Crippen LogP contribution in [0.4, 0.5) is 8.78 Å². The van der Waals surface area contributed by atoms with Crippen LogP contribution in [0.3, 0.4) is 0 Å². The third kappa shape index (κ3) is 3.48. The minimum absolute atomic E-state index is 0.137. The average molecular weight is 280 g/mol. The van der Waals surface area contributed by atoms with Crippen LogP contribution < -0.4 is 0 Å². The van der Waals surface area contributed by atoms with Gasteiger partial charge in [-0.25, -0.2) is 13.8 Å². The molecule has 6 heteroatoms. The Morgan fingerprint density at radius 1 is 1.40 bits per heavy atom. The second-order valence-corrected chi connectivity index (χ2v) is 4.45. The van der Waals surface area contributed by atoms with Gasteiger partial charge in [-0.1, -0.05) is 6.92 Å². The Balaban J connectivity index is 1.89. The van der Waals surface area contributed by atoms with Crippen molar-refractivity contribution in [2.75, 3.05) is 6.61 Å². The number of ketones is 1. The molecule has 1 N–H and O–H groups in total. The summed E-state index contributed by atoms with van der Waals surface area (Å²) in [4.78, 5) is 18.9. The zero-order chi connectivity index (χ0) is 14.5. The zero-order valence-corrected chi connectivity index (χ0v) is 10.9. The molecule has 0 fully saturated rings. The highest BCUT2D eigenvalue weighted by molar-refractivity contribution is 5.97. The van der Waals surface area contributed by atoms with Gasteiger partial charge in [0.2, 0.25) is 0 Å². The predicted molar refractivity (Wildman–Crippen MR) is 68.1 cm³/mol. The topological polar surface area (TPSA) is 55.0 Å². The molecule has 0 aliphatic heterocycles. The van der Waals surface area contributed by atoms with Crippen LogP contribution in [0.2, 0.25) is 0 Å². The highest BCUT2D eigenvalue weighted by Crippen LogP contribution is 2.13. The zero-order valence-electron chi connectivity index (χ0n) is 10.9. The summed E-state index contributed by atoms with van der Waals surface area (Å²) in [7, 11) is 0. The fraction of sp³-hybridized carbons (Fsp3) is 0.286. The van der Waals surface area contributed by atoms with E-state index >= 15 is 0 Å². The molecular weight excluding hydrogens is 266 g/mol. The Morgan fingerprint density at radius 2 is 2.20 bits per heavy atom. The molecule has 4 nitrogen and oxygen atoms in total. The number of ether oxygens (including phenoxy) is 1. The van der Waals surface area contributed by atoms with Gasteiger partial charge in [-0.05, 0) is 18.2 Å². The molecule has 1 heterocycles. The highest BCUT2D eigenvalue weighted by atomic mass is 19.2. The summed E-state index contributed by atoms with van der Waals surface area (Å²) in [5.74, 6) is -2.07. The van der Waals surface area contributed by atoms with Crippen LogP contribution in [0.15, 0.2) is 30.6 Å². The number of hydrogen-bond donors (Lipinski definition) is 1. The molecule has 0 unspecified atom stereocenters. The molecule has 106 valence electrons. The van der Waals surface area contributed by atoms with Crippen LogP contribution >= 0.6 is 0 Å². The van der Waals surface area contributed by atoms with Gasteiger partial charge in [0.1, 0.15) is 12.4 Å². The van der Waals surface area contributed by atoms with Gasteiger partial charge in [0.05, 0.1) is 6.61 Å². The van der Waals surface area contributed by atoms with E-state index in [0.717, 1.165) is 12.1 Å². The molecule has 1 aromatic heterocycles. The van der Waals surface area contributed by atoms with Crippen LogP contribution in [-0.2, 0) is 11.3 Å². The first kappa shape index (κ1) is 14.3. The van der Waals surface area contributed by atoms with Gasteiger partial charge in [0.25, 0.3) is 0 Å². The Labute approximate surface area is 114 Å². The SMILES string of the molecule is C[C@H](COCc1ncc[nH]1)C(=O)c1ccc(F)c(F)c1. The lowest BCUT2D eigenvalue weighted by Crippen LogP contribution is -2.17. The lowest BCUT2D eigenvalue weighted by Gasteiger charge is -2.10. The number of halogens is 2. The third-order valence-corrected chi connectivity index (χ3v) is 2.81. The summed E-state index contributed by atoms with van der Waals surface area (Å²) in [5, 5.41) is 0. The molecule has 0 bridgehead atoms. The number of rotatable bonds is 6. The summed E-state index contributed by atoms with van der Waals surface area (Å²) in [6.07, 6.45) is 3.28. The lowest BCUT2D eigenvalue weighted by atomic mass is 10.00. The summed E-state index contributed by atoms with van der Waals surface area (Å²) < 4.78 is 31.2. The number of Topliss-reactive ketones (excluding diaryl/α,β-unsaturated/α-hetero) is 1. The Bertz CT molecular complexity index is 585. The number of nitrogens with one attached hydrogen (secondary N) is 1. The molecule has 0 saturated heterocycles. The maximum absolute atomic E-state index is 13.1. The largest absolute Gasteiger partial charge is 0.373 e. The van der Waals surface area contributed by atoms with Gasteiger partial charge in [-0.3, -0.25) is 4.79 Å². The molecule has 0 spiro atoms. The van der Waals surface area contributed by atoms with Crippen LogP contribution in [-0.4, -0.2) is 22.4 Å². The molecule has 2 rings (SSSR count). The van der Waals surface area contributed by atoms with E-state index in [-0.39, 0.29) is 24.6 Å². The van der Waals surface area contributed by atoms with E-state index in [1.807, 2.05) is 0 Å². The van der Waals surface area contributed by atoms with Gasteiger partial charge in [0, 0.05) is 23.9 Å². The molecule has 2 aromatic rings. The predicted octanol–water partition coefficient (Wildman–Crippen LogP) is 2.72. The molecule has 1 aromatic carbocycles. The minimum Gasteiger partial charge on any atom is -0.373 e. The smallest absolute Gasteiger partial charge is 0.168 e.